The van der Waals surface area contributed by atoms with Gasteiger partial charge in [0.1, 0.15) is 17.7 Å². The number of anilines is 1. The number of hydrogen-bond acceptors (Lipinski definition) is 3. The molecule has 1 aromatic heterocycles. The molecule has 5 heteroatoms. The van der Waals surface area contributed by atoms with Crippen molar-refractivity contribution in [3.05, 3.63) is 47.8 Å². The molecular formula is C15H15FN4. The van der Waals surface area contributed by atoms with Crippen LogP contribution < -0.4 is 4.90 Å². The molecule has 1 aliphatic rings. The van der Waals surface area contributed by atoms with E-state index in [1.165, 1.54) is 12.1 Å². The first-order valence-corrected chi connectivity index (χ1v) is 6.72. The number of benzene rings is 1. The van der Waals surface area contributed by atoms with Gasteiger partial charge in [-0.2, -0.15) is 5.26 Å². The third-order valence-electron chi connectivity index (χ3n) is 3.75. The fourth-order valence-electron chi connectivity index (χ4n) is 2.79. The topological polar surface area (TPSA) is 55.7 Å². The zero-order chi connectivity index (χ0) is 13.9. The van der Waals surface area contributed by atoms with Crippen LogP contribution in [0.2, 0.25) is 0 Å². The summed E-state index contributed by atoms with van der Waals surface area (Å²) in [5.41, 5.74) is 1.20. The molecule has 1 aliphatic heterocycles. The number of halogens is 1. The molecule has 1 saturated heterocycles. The molecule has 0 amide bonds. The van der Waals surface area contributed by atoms with Crippen LogP contribution in [0.5, 0.6) is 0 Å². The van der Waals surface area contributed by atoms with Gasteiger partial charge in [-0.1, -0.05) is 0 Å². The minimum absolute atomic E-state index is 0.329. The van der Waals surface area contributed by atoms with E-state index in [0.29, 0.717) is 11.5 Å². The van der Waals surface area contributed by atoms with Crippen molar-refractivity contribution in [2.24, 2.45) is 0 Å². The summed E-state index contributed by atoms with van der Waals surface area (Å²) < 4.78 is 13.2. The predicted molar refractivity (Wildman–Crippen MR) is 73.9 cm³/mol. The van der Waals surface area contributed by atoms with Crippen LogP contribution in [0.3, 0.4) is 0 Å². The van der Waals surface area contributed by atoms with Crippen molar-refractivity contribution in [2.75, 3.05) is 18.0 Å². The molecule has 3 rings (SSSR count). The fourth-order valence-corrected chi connectivity index (χ4v) is 2.79. The number of hydrogen-bond donors (Lipinski definition) is 1. The summed E-state index contributed by atoms with van der Waals surface area (Å²) >= 11 is 0. The molecule has 0 radical (unpaired) electrons. The number of nitrogens with one attached hydrogen (secondary N) is 1. The number of nitrogens with zero attached hydrogens (tertiary/aromatic N) is 3. The molecule has 2 heterocycles. The van der Waals surface area contributed by atoms with E-state index >= 15 is 0 Å². The molecule has 0 unspecified atom stereocenters. The van der Waals surface area contributed by atoms with Gasteiger partial charge in [-0.3, -0.25) is 0 Å². The normalized spacial score (nSPS) is 18.8. The Bertz CT molecular complexity index is 630. The number of nitriles is 1. The van der Waals surface area contributed by atoms with Crippen molar-refractivity contribution >= 4 is 5.69 Å². The van der Waals surface area contributed by atoms with E-state index in [-0.39, 0.29) is 5.82 Å². The predicted octanol–water partition coefficient (Wildman–Crippen LogP) is 2.80. The minimum Gasteiger partial charge on any atom is -0.370 e. The Kier molecular flexibility index (Phi) is 3.38. The van der Waals surface area contributed by atoms with Gasteiger partial charge in [-0.05, 0) is 31.0 Å². The summed E-state index contributed by atoms with van der Waals surface area (Å²) in [4.78, 5) is 9.62. The Morgan fingerprint density at radius 2 is 2.35 bits per heavy atom. The third-order valence-corrected chi connectivity index (χ3v) is 3.75. The first-order valence-electron chi connectivity index (χ1n) is 6.72. The van der Waals surface area contributed by atoms with Crippen LogP contribution in [0.4, 0.5) is 10.1 Å². The summed E-state index contributed by atoms with van der Waals surface area (Å²) in [5, 5.41) is 9.16. The minimum atomic E-state index is -0.370. The summed E-state index contributed by atoms with van der Waals surface area (Å²) in [7, 11) is 0. The Morgan fingerprint density at radius 3 is 3.10 bits per heavy atom. The number of imidazole rings is 1. The number of aromatic amines is 1. The van der Waals surface area contributed by atoms with Crippen LogP contribution in [0.25, 0.3) is 0 Å². The second-order valence-corrected chi connectivity index (χ2v) is 5.03. The maximum atomic E-state index is 13.2. The van der Waals surface area contributed by atoms with Gasteiger partial charge in [0.25, 0.3) is 0 Å². The Labute approximate surface area is 116 Å². The maximum absolute atomic E-state index is 13.2. The van der Waals surface area contributed by atoms with Crippen molar-refractivity contribution in [3.63, 3.8) is 0 Å². The Balaban J connectivity index is 1.86. The first-order chi connectivity index (χ1) is 9.78. The van der Waals surface area contributed by atoms with Crippen LogP contribution in [0.1, 0.15) is 30.1 Å². The number of aromatic nitrogens is 2. The molecule has 0 bridgehead atoms. The van der Waals surface area contributed by atoms with Gasteiger partial charge in [0.05, 0.1) is 11.3 Å². The first kappa shape index (κ1) is 12.7. The largest absolute Gasteiger partial charge is 0.370 e. The van der Waals surface area contributed by atoms with Crippen LogP contribution in [-0.2, 0) is 0 Å². The fraction of sp³-hybridized carbons (Fsp3) is 0.333. The number of H-pyrrole nitrogens is 1. The molecule has 2 aromatic rings. The lowest BCUT2D eigenvalue weighted by Crippen LogP contribution is -2.35. The lowest BCUT2D eigenvalue weighted by molar-refractivity contribution is 0.494. The van der Waals surface area contributed by atoms with Gasteiger partial charge >= 0.3 is 0 Å². The lowest BCUT2D eigenvalue weighted by atomic mass is 9.96. The SMILES string of the molecule is N#Cc1cc(F)ccc1N1CCC[C@H](c2ncc[nH]2)C1. The molecule has 0 aliphatic carbocycles. The van der Waals surface area contributed by atoms with Crippen molar-refractivity contribution in [1.29, 1.82) is 5.26 Å². The highest BCUT2D eigenvalue weighted by Gasteiger charge is 2.24. The molecule has 1 aromatic carbocycles. The zero-order valence-corrected chi connectivity index (χ0v) is 11.0. The van der Waals surface area contributed by atoms with Crippen molar-refractivity contribution in [2.45, 2.75) is 18.8 Å². The lowest BCUT2D eigenvalue weighted by Gasteiger charge is -2.34. The van der Waals surface area contributed by atoms with Gasteiger partial charge < -0.3 is 9.88 Å². The van der Waals surface area contributed by atoms with Crippen molar-refractivity contribution in [1.82, 2.24) is 9.97 Å². The maximum Gasteiger partial charge on any atom is 0.124 e. The highest BCUT2D eigenvalue weighted by Crippen LogP contribution is 2.30. The van der Waals surface area contributed by atoms with E-state index in [2.05, 4.69) is 20.9 Å². The van der Waals surface area contributed by atoms with Gasteiger partial charge in [0.15, 0.2) is 0 Å². The van der Waals surface area contributed by atoms with Crippen molar-refractivity contribution in [3.8, 4) is 6.07 Å². The van der Waals surface area contributed by atoms with Crippen LogP contribution in [-0.4, -0.2) is 23.1 Å². The second kappa shape index (κ2) is 5.33. The summed E-state index contributed by atoms with van der Waals surface area (Å²) in [6.45, 7) is 1.69. The summed E-state index contributed by atoms with van der Waals surface area (Å²) in [5.74, 6) is 0.940. The molecule has 4 nitrogen and oxygen atoms in total. The molecule has 1 atom stereocenters. The van der Waals surface area contributed by atoms with E-state index in [4.69, 9.17) is 5.26 Å². The standard InChI is InChI=1S/C15H15FN4/c16-13-3-4-14(12(8-13)9-17)20-7-1-2-11(10-20)15-18-5-6-19-15/h3-6,8,11H,1-2,7,10H2,(H,18,19)/t11-/m0/s1. The zero-order valence-electron chi connectivity index (χ0n) is 11.0. The monoisotopic (exact) mass is 270 g/mol. The second-order valence-electron chi connectivity index (χ2n) is 5.03. The third kappa shape index (κ3) is 2.37. The Hall–Kier alpha value is -2.35. The van der Waals surface area contributed by atoms with E-state index in [1.807, 2.05) is 6.20 Å². The molecule has 0 spiro atoms. The summed E-state index contributed by atoms with van der Waals surface area (Å²) in [6, 6.07) is 6.48. The van der Waals surface area contributed by atoms with E-state index in [1.54, 1.807) is 12.3 Å². The quantitative estimate of drug-likeness (QED) is 0.913. The summed E-state index contributed by atoms with van der Waals surface area (Å²) in [6.07, 6.45) is 5.69. The Morgan fingerprint density at radius 1 is 1.45 bits per heavy atom. The van der Waals surface area contributed by atoms with Crippen LogP contribution in [0.15, 0.2) is 30.6 Å². The molecule has 20 heavy (non-hydrogen) atoms. The highest BCUT2D eigenvalue weighted by atomic mass is 19.1. The molecule has 1 fully saturated rings. The van der Waals surface area contributed by atoms with E-state index < -0.39 is 0 Å². The average Bonchev–Trinajstić information content (AvgIpc) is 3.01. The van der Waals surface area contributed by atoms with E-state index in [0.717, 1.165) is 37.4 Å². The van der Waals surface area contributed by atoms with Gasteiger partial charge in [-0.15, -0.1) is 0 Å². The smallest absolute Gasteiger partial charge is 0.124 e. The molecule has 0 saturated carbocycles. The van der Waals surface area contributed by atoms with Gasteiger partial charge in [0.2, 0.25) is 0 Å². The van der Waals surface area contributed by atoms with Gasteiger partial charge in [0, 0.05) is 31.4 Å². The highest BCUT2D eigenvalue weighted by molar-refractivity contribution is 5.59. The number of piperidine rings is 1. The molecule has 1 N–H and O–H groups in total. The van der Waals surface area contributed by atoms with E-state index in [9.17, 15) is 4.39 Å². The van der Waals surface area contributed by atoms with Crippen molar-refractivity contribution < 1.29 is 4.39 Å². The van der Waals surface area contributed by atoms with Gasteiger partial charge in [-0.25, -0.2) is 9.37 Å². The molecular weight excluding hydrogens is 255 g/mol. The van der Waals surface area contributed by atoms with Crippen LogP contribution >= 0.6 is 0 Å². The van der Waals surface area contributed by atoms with Crippen LogP contribution in [0, 0.1) is 17.1 Å². The molecule has 102 valence electrons. The average molecular weight is 270 g/mol. The number of rotatable bonds is 2.